The smallest absolute Gasteiger partial charge is 0.255 e. The lowest BCUT2D eigenvalue weighted by Gasteiger charge is -2.17. The van der Waals surface area contributed by atoms with Crippen molar-refractivity contribution in [3.8, 4) is 0 Å². The zero-order chi connectivity index (χ0) is 19.8. The summed E-state index contributed by atoms with van der Waals surface area (Å²) in [4.78, 5) is 19.0. The summed E-state index contributed by atoms with van der Waals surface area (Å²) in [6, 6.07) is 15.8. The monoisotopic (exact) mass is 376 g/mol. The van der Waals surface area contributed by atoms with Gasteiger partial charge in [-0.2, -0.15) is 0 Å². The minimum Gasteiger partial charge on any atom is -0.372 e. The van der Waals surface area contributed by atoms with E-state index in [1.54, 1.807) is 0 Å². The maximum Gasteiger partial charge on any atom is 0.255 e. The number of nitrogens with zero attached hydrogens (tertiary/aromatic N) is 2. The summed E-state index contributed by atoms with van der Waals surface area (Å²) in [6.45, 7) is 2.99. The predicted octanol–water partition coefficient (Wildman–Crippen LogP) is 3.84. The number of hydrogen-bond donors (Lipinski definition) is 2. The Kier molecular flexibility index (Phi) is 6.98. The second-order valence-electron chi connectivity index (χ2n) is 6.93. The Morgan fingerprint density at radius 1 is 0.964 bits per heavy atom. The number of carbonyl (C=O) groups excluding carboxylic acids is 1. The number of nitrogens with one attached hydrogen (secondary N) is 2. The summed E-state index contributed by atoms with van der Waals surface area (Å²) in [5, 5.41) is 5.72. The summed E-state index contributed by atoms with van der Waals surface area (Å²) in [5.41, 5.74) is 4.91. The van der Waals surface area contributed by atoms with Gasteiger partial charge in [-0.15, -0.1) is 0 Å². The first-order chi connectivity index (χ1) is 13.7. The molecule has 0 bridgehead atoms. The largest absolute Gasteiger partial charge is 0.372 e. The van der Waals surface area contributed by atoms with Crippen molar-refractivity contribution in [1.82, 2.24) is 5.32 Å². The zero-order valence-electron chi connectivity index (χ0n) is 16.6. The lowest BCUT2D eigenvalue weighted by Crippen LogP contribution is -2.17. The molecule has 0 spiro atoms. The molecule has 2 heterocycles. The normalized spacial score (nSPS) is 15.1. The molecule has 0 aromatic heterocycles. The average Bonchev–Trinajstić information content (AvgIpc) is 3.44. The van der Waals surface area contributed by atoms with Gasteiger partial charge in [0.25, 0.3) is 5.91 Å². The van der Waals surface area contributed by atoms with Crippen LogP contribution in [0, 0.1) is 0 Å². The molecule has 0 aliphatic carbocycles. The zero-order valence-corrected chi connectivity index (χ0v) is 16.6. The van der Waals surface area contributed by atoms with E-state index < -0.39 is 0 Å². The lowest BCUT2D eigenvalue weighted by molar-refractivity contribution is 0.102. The molecule has 2 aliphatic heterocycles. The first kappa shape index (κ1) is 19.8. The van der Waals surface area contributed by atoms with E-state index in [1.807, 2.05) is 56.7 Å². The Morgan fingerprint density at radius 2 is 1.61 bits per heavy atom. The molecule has 1 fully saturated rings. The van der Waals surface area contributed by atoms with Crippen molar-refractivity contribution in [2.45, 2.75) is 12.8 Å². The van der Waals surface area contributed by atoms with Crippen LogP contribution < -0.4 is 15.5 Å². The minimum absolute atomic E-state index is 0.0884. The van der Waals surface area contributed by atoms with E-state index in [9.17, 15) is 4.79 Å². The molecule has 2 aromatic rings. The Hall–Kier alpha value is -2.92. The van der Waals surface area contributed by atoms with E-state index in [0.29, 0.717) is 5.56 Å². The van der Waals surface area contributed by atoms with Crippen molar-refractivity contribution < 1.29 is 4.79 Å². The molecule has 5 heteroatoms. The summed E-state index contributed by atoms with van der Waals surface area (Å²) >= 11 is 0. The highest BCUT2D eigenvalue weighted by Crippen LogP contribution is 2.22. The standard InChI is InChI=1S/C21H21N3O.C2H7N/c25-21(17-5-3-16(4-6-17)18-11-12-22-15-18)23-19-7-9-20(10-8-19)24-13-1-2-14-24;1-3-2/h3-11,15H,1-2,12-14H2,(H,23,25);3H,1-2H3. The number of allylic oxidation sites excluding steroid dienone is 1. The van der Waals surface area contributed by atoms with E-state index in [0.717, 1.165) is 36.5 Å². The first-order valence-corrected chi connectivity index (χ1v) is 9.76. The molecule has 0 atom stereocenters. The van der Waals surface area contributed by atoms with Crippen molar-refractivity contribution >= 4 is 29.1 Å². The molecule has 2 aliphatic rings. The SMILES string of the molecule is CNC.O=C(Nc1ccc(N2CCCC2)cc1)c1ccc(C2=CCN=C2)cc1. The van der Waals surface area contributed by atoms with Crippen molar-refractivity contribution in [2.24, 2.45) is 4.99 Å². The van der Waals surface area contributed by atoms with Gasteiger partial charge in [0.05, 0.1) is 6.54 Å². The Morgan fingerprint density at radius 3 is 2.18 bits per heavy atom. The third-order valence-electron chi connectivity index (χ3n) is 4.72. The fourth-order valence-electron chi connectivity index (χ4n) is 3.30. The van der Waals surface area contributed by atoms with Gasteiger partial charge in [-0.1, -0.05) is 18.2 Å². The number of hydrogen-bond acceptors (Lipinski definition) is 4. The molecule has 1 amide bonds. The van der Waals surface area contributed by atoms with Crippen LogP contribution in [-0.4, -0.2) is 45.9 Å². The molecular formula is C23H28N4O. The molecule has 2 aromatic carbocycles. The second-order valence-corrected chi connectivity index (χ2v) is 6.93. The van der Waals surface area contributed by atoms with Gasteiger partial charge in [0.15, 0.2) is 0 Å². The van der Waals surface area contributed by atoms with Gasteiger partial charge in [-0.05, 0) is 74.5 Å². The first-order valence-electron chi connectivity index (χ1n) is 9.76. The van der Waals surface area contributed by atoms with Crippen molar-refractivity contribution in [1.29, 1.82) is 0 Å². The van der Waals surface area contributed by atoms with Crippen LogP contribution in [0.3, 0.4) is 0 Å². The highest BCUT2D eigenvalue weighted by atomic mass is 16.1. The van der Waals surface area contributed by atoms with E-state index in [4.69, 9.17) is 0 Å². The van der Waals surface area contributed by atoms with Crippen LogP contribution in [0.25, 0.3) is 5.57 Å². The molecule has 0 radical (unpaired) electrons. The lowest BCUT2D eigenvalue weighted by atomic mass is 10.0. The summed E-state index contributed by atoms with van der Waals surface area (Å²) < 4.78 is 0. The van der Waals surface area contributed by atoms with Crippen LogP contribution in [-0.2, 0) is 0 Å². The number of benzene rings is 2. The minimum atomic E-state index is -0.0884. The quantitative estimate of drug-likeness (QED) is 0.852. The molecule has 28 heavy (non-hydrogen) atoms. The number of rotatable bonds is 4. The highest BCUT2D eigenvalue weighted by molar-refractivity contribution is 6.12. The van der Waals surface area contributed by atoms with Crippen LogP contribution >= 0.6 is 0 Å². The van der Waals surface area contributed by atoms with Gasteiger partial charge in [0.1, 0.15) is 0 Å². The van der Waals surface area contributed by atoms with Crippen LogP contribution in [0.5, 0.6) is 0 Å². The summed E-state index contributed by atoms with van der Waals surface area (Å²) in [7, 11) is 3.75. The molecule has 5 nitrogen and oxygen atoms in total. The van der Waals surface area contributed by atoms with Gasteiger partial charge >= 0.3 is 0 Å². The third-order valence-corrected chi connectivity index (χ3v) is 4.72. The van der Waals surface area contributed by atoms with E-state index >= 15 is 0 Å². The molecule has 1 saturated heterocycles. The molecule has 4 rings (SSSR count). The van der Waals surface area contributed by atoms with Crippen molar-refractivity contribution in [3.63, 3.8) is 0 Å². The highest BCUT2D eigenvalue weighted by Gasteiger charge is 2.12. The summed E-state index contributed by atoms with van der Waals surface area (Å²) in [6.07, 6.45) is 6.47. The second kappa shape index (κ2) is 9.85. The van der Waals surface area contributed by atoms with Gasteiger partial charge in [-0.25, -0.2) is 0 Å². The maximum absolute atomic E-state index is 12.4. The number of carbonyl (C=O) groups is 1. The molecule has 0 unspecified atom stereocenters. The summed E-state index contributed by atoms with van der Waals surface area (Å²) in [5.74, 6) is -0.0884. The third kappa shape index (κ3) is 5.08. The average molecular weight is 377 g/mol. The van der Waals surface area contributed by atoms with E-state index in [-0.39, 0.29) is 5.91 Å². The van der Waals surface area contributed by atoms with Crippen molar-refractivity contribution in [2.75, 3.05) is 43.9 Å². The van der Waals surface area contributed by atoms with Crippen molar-refractivity contribution in [3.05, 3.63) is 65.7 Å². The molecule has 2 N–H and O–H groups in total. The topological polar surface area (TPSA) is 56.7 Å². The predicted molar refractivity (Wildman–Crippen MR) is 119 cm³/mol. The van der Waals surface area contributed by atoms with Gasteiger partial charge in [0.2, 0.25) is 0 Å². The van der Waals surface area contributed by atoms with Crippen LogP contribution in [0.4, 0.5) is 11.4 Å². The van der Waals surface area contributed by atoms with Crippen LogP contribution in [0.2, 0.25) is 0 Å². The Balaban J connectivity index is 0.000000706. The number of amides is 1. The van der Waals surface area contributed by atoms with E-state index in [1.165, 1.54) is 18.5 Å². The molecular weight excluding hydrogens is 348 g/mol. The Labute approximate surface area is 167 Å². The number of aliphatic imine (C=N–C) groups is 1. The molecule has 146 valence electrons. The van der Waals surface area contributed by atoms with Gasteiger partial charge in [0, 0.05) is 36.2 Å². The van der Waals surface area contributed by atoms with Crippen LogP contribution in [0.1, 0.15) is 28.8 Å². The van der Waals surface area contributed by atoms with Gasteiger partial charge in [-0.3, -0.25) is 9.79 Å². The van der Waals surface area contributed by atoms with Crippen LogP contribution in [0.15, 0.2) is 59.6 Å². The number of anilines is 2. The van der Waals surface area contributed by atoms with E-state index in [2.05, 4.69) is 38.7 Å². The maximum atomic E-state index is 12.4. The van der Waals surface area contributed by atoms with Gasteiger partial charge < -0.3 is 15.5 Å². The fourth-order valence-corrected chi connectivity index (χ4v) is 3.30. The fraction of sp³-hybridized carbons (Fsp3) is 0.304. The molecule has 0 saturated carbocycles. The Bertz CT molecular complexity index is 832.